The fourth-order valence-corrected chi connectivity index (χ4v) is 3.88. The molecule has 0 aliphatic carbocycles. The standard InChI is InChI=1S/C17H18F4N4O2S/c18-12-7-13(19)9-14(8-12)23-28(26,27)15-1-2-17(22-10-15)25-5-3-24(4-6-25)11-16(20)21/h1-2,7-10,16,23H,3-6,11H2. The maximum Gasteiger partial charge on any atom is 0.263 e. The highest BCUT2D eigenvalue weighted by Gasteiger charge is 2.21. The van der Waals surface area contributed by atoms with E-state index in [2.05, 4.69) is 9.71 Å². The first-order valence-electron chi connectivity index (χ1n) is 8.43. The van der Waals surface area contributed by atoms with Gasteiger partial charge in [-0.3, -0.25) is 9.62 Å². The highest BCUT2D eigenvalue weighted by atomic mass is 32.2. The molecule has 1 aromatic heterocycles. The Morgan fingerprint density at radius 1 is 1.04 bits per heavy atom. The molecule has 2 aromatic rings. The van der Waals surface area contributed by atoms with E-state index in [1.807, 2.05) is 4.90 Å². The lowest BCUT2D eigenvalue weighted by atomic mass is 10.3. The normalized spacial score (nSPS) is 15.8. The van der Waals surface area contributed by atoms with E-state index in [4.69, 9.17) is 0 Å². The molecule has 1 fully saturated rings. The third kappa shape index (κ3) is 5.10. The van der Waals surface area contributed by atoms with Gasteiger partial charge in [0.25, 0.3) is 16.4 Å². The maximum absolute atomic E-state index is 13.2. The van der Waals surface area contributed by atoms with Crippen molar-refractivity contribution in [2.24, 2.45) is 0 Å². The van der Waals surface area contributed by atoms with E-state index >= 15 is 0 Å². The number of rotatable bonds is 6. The van der Waals surface area contributed by atoms with Crippen molar-refractivity contribution in [3.63, 3.8) is 0 Å². The summed E-state index contributed by atoms with van der Waals surface area (Å²) in [5.74, 6) is -1.29. The molecular weight excluding hydrogens is 400 g/mol. The van der Waals surface area contributed by atoms with Crippen molar-refractivity contribution in [3.8, 4) is 0 Å². The van der Waals surface area contributed by atoms with Crippen LogP contribution in [0.1, 0.15) is 0 Å². The van der Waals surface area contributed by atoms with Crippen molar-refractivity contribution < 1.29 is 26.0 Å². The number of benzene rings is 1. The van der Waals surface area contributed by atoms with E-state index in [0.29, 0.717) is 38.1 Å². The Labute approximate surface area is 159 Å². The van der Waals surface area contributed by atoms with Gasteiger partial charge in [-0.2, -0.15) is 0 Å². The molecule has 0 saturated carbocycles. The van der Waals surface area contributed by atoms with Crippen LogP contribution in [0.25, 0.3) is 0 Å². The lowest BCUT2D eigenvalue weighted by Gasteiger charge is -2.35. The number of hydrogen-bond donors (Lipinski definition) is 1. The molecular formula is C17H18F4N4O2S. The second-order valence-corrected chi connectivity index (χ2v) is 7.98. The molecule has 0 radical (unpaired) electrons. The first-order chi connectivity index (χ1) is 13.2. The summed E-state index contributed by atoms with van der Waals surface area (Å²) in [7, 11) is -4.07. The number of halogens is 4. The first kappa shape index (κ1) is 20.3. The fraction of sp³-hybridized carbons (Fsp3) is 0.353. The Morgan fingerprint density at radius 3 is 2.21 bits per heavy atom. The van der Waals surface area contributed by atoms with Crippen LogP contribution >= 0.6 is 0 Å². The van der Waals surface area contributed by atoms with Crippen molar-refractivity contribution in [1.82, 2.24) is 9.88 Å². The number of aromatic nitrogens is 1. The van der Waals surface area contributed by atoms with Gasteiger partial charge in [-0.25, -0.2) is 31.0 Å². The first-order valence-corrected chi connectivity index (χ1v) is 9.92. The summed E-state index contributed by atoms with van der Waals surface area (Å²) in [6.07, 6.45) is -1.24. The monoisotopic (exact) mass is 418 g/mol. The zero-order chi connectivity index (χ0) is 20.3. The number of pyridine rings is 1. The minimum Gasteiger partial charge on any atom is -0.354 e. The molecule has 0 atom stereocenters. The van der Waals surface area contributed by atoms with Crippen molar-refractivity contribution in [1.29, 1.82) is 0 Å². The lowest BCUT2D eigenvalue weighted by molar-refractivity contribution is 0.0853. The van der Waals surface area contributed by atoms with E-state index in [1.165, 1.54) is 12.1 Å². The zero-order valence-electron chi connectivity index (χ0n) is 14.7. The second-order valence-electron chi connectivity index (χ2n) is 6.29. The van der Waals surface area contributed by atoms with E-state index in [1.54, 1.807) is 4.90 Å². The minimum atomic E-state index is -4.07. The van der Waals surface area contributed by atoms with Crippen LogP contribution in [0.3, 0.4) is 0 Å². The van der Waals surface area contributed by atoms with Crippen LogP contribution in [0.15, 0.2) is 41.4 Å². The molecule has 1 N–H and O–H groups in total. The summed E-state index contributed by atoms with van der Waals surface area (Å²) in [5.41, 5.74) is -0.239. The van der Waals surface area contributed by atoms with Gasteiger partial charge in [0.05, 0.1) is 12.2 Å². The van der Waals surface area contributed by atoms with Crippen molar-refractivity contribution >= 4 is 21.5 Å². The predicted octanol–water partition coefficient (Wildman–Crippen LogP) is 2.55. The van der Waals surface area contributed by atoms with Gasteiger partial charge in [0.15, 0.2) is 0 Å². The number of anilines is 2. The van der Waals surface area contributed by atoms with Crippen molar-refractivity contribution in [2.75, 3.05) is 42.3 Å². The number of hydrogen-bond acceptors (Lipinski definition) is 5. The Balaban J connectivity index is 1.66. The summed E-state index contributed by atoms with van der Waals surface area (Å²) < 4.78 is 78.1. The minimum absolute atomic E-state index is 0.169. The number of nitrogens with one attached hydrogen (secondary N) is 1. The topological polar surface area (TPSA) is 65.5 Å². The highest BCUT2D eigenvalue weighted by molar-refractivity contribution is 7.92. The molecule has 2 heterocycles. The zero-order valence-corrected chi connectivity index (χ0v) is 15.5. The molecule has 0 spiro atoms. The average molecular weight is 418 g/mol. The van der Waals surface area contributed by atoms with Crippen molar-refractivity contribution in [3.05, 3.63) is 48.2 Å². The molecule has 0 bridgehead atoms. The molecule has 0 unspecified atom stereocenters. The quantitative estimate of drug-likeness (QED) is 0.731. The lowest BCUT2D eigenvalue weighted by Crippen LogP contribution is -2.48. The summed E-state index contributed by atoms with van der Waals surface area (Å²) in [4.78, 5) is 7.48. The third-order valence-corrected chi connectivity index (χ3v) is 5.60. The van der Waals surface area contributed by atoms with Gasteiger partial charge in [-0.05, 0) is 24.3 Å². The summed E-state index contributed by atoms with van der Waals surface area (Å²) in [6, 6.07) is 5.19. The van der Waals surface area contributed by atoms with E-state index in [0.717, 1.165) is 18.3 Å². The predicted molar refractivity (Wildman–Crippen MR) is 96.1 cm³/mol. The Bertz CT molecular complexity index is 897. The van der Waals surface area contributed by atoms with Gasteiger partial charge in [-0.1, -0.05) is 0 Å². The fourth-order valence-electron chi connectivity index (χ4n) is 2.90. The Kier molecular flexibility index (Phi) is 6.04. The van der Waals surface area contributed by atoms with E-state index < -0.39 is 28.1 Å². The molecule has 1 aromatic carbocycles. The van der Waals surface area contributed by atoms with E-state index in [9.17, 15) is 26.0 Å². The maximum atomic E-state index is 13.2. The Morgan fingerprint density at radius 2 is 1.68 bits per heavy atom. The van der Waals surface area contributed by atoms with Crippen LogP contribution in [0.4, 0.5) is 29.1 Å². The van der Waals surface area contributed by atoms with E-state index in [-0.39, 0.29) is 17.1 Å². The average Bonchev–Trinajstić information content (AvgIpc) is 2.61. The van der Waals surface area contributed by atoms with Gasteiger partial charge < -0.3 is 4.90 Å². The molecule has 3 rings (SSSR count). The Hall–Kier alpha value is -2.40. The molecule has 11 heteroatoms. The summed E-state index contributed by atoms with van der Waals surface area (Å²) in [6.45, 7) is 1.63. The molecule has 0 amide bonds. The largest absolute Gasteiger partial charge is 0.354 e. The molecule has 152 valence electrons. The smallest absolute Gasteiger partial charge is 0.263 e. The van der Waals surface area contributed by atoms with Gasteiger partial charge in [0.1, 0.15) is 22.3 Å². The van der Waals surface area contributed by atoms with Crippen LogP contribution in [-0.2, 0) is 10.0 Å². The van der Waals surface area contributed by atoms with Gasteiger partial charge >= 0.3 is 0 Å². The van der Waals surface area contributed by atoms with Crippen LogP contribution in [0.2, 0.25) is 0 Å². The highest BCUT2D eigenvalue weighted by Crippen LogP contribution is 2.20. The van der Waals surface area contributed by atoms with Gasteiger partial charge in [0.2, 0.25) is 0 Å². The molecule has 1 aliphatic heterocycles. The number of sulfonamides is 1. The van der Waals surface area contributed by atoms with Gasteiger partial charge in [0, 0.05) is 38.4 Å². The van der Waals surface area contributed by atoms with Crippen molar-refractivity contribution in [2.45, 2.75) is 11.3 Å². The molecule has 6 nitrogen and oxygen atoms in total. The molecule has 1 saturated heterocycles. The number of nitrogens with zero attached hydrogens (tertiary/aromatic N) is 3. The van der Waals surface area contributed by atoms with Crippen LogP contribution in [-0.4, -0.2) is 57.5 Å². The van der Waals surface area contributed by atoms with Crippen LogP contribution in [0.5, 0.6) is 0 Å². The summed E-state index contributed by atoms with van der Waals surface area (Å²) >= 11 is 0. The molecule has 28 heavy (non-hydrogen) atoms. The number of piperazine rings is 1. The SMILES string of the molecule is O=S(=O)(Nc1cc(F)cc(F)c1)c1ccc(N2CCN(CC(F)F)CC2)nc1. The van der Waals surface area contributed by atoms with Gasteiger partial charge in [-0.15, -0.1) is 0 Å². The van der Waals surface area contributed by atoms with Crippen LogP contribution < -0.4 is 9.62 Å². The second kappa shape index (κ2) is 8.31. The molecule has 1 aliphatic rings. The summed E-state index contributed by atoms with van der Waals surface area (Å²) in [5, 5.41) is 0. The van der Waals surface area contributed by atoms with Crippen LogP contribution in [0, 0.1) is 11.6 Å². The third-order valence-electron chi connectivity index (χ3n) is 4.24. The number of alkyl halides is 2.